The zero-order valence-corrected chi connectivity index (χ0v) is 12.6. The first-order chi connectivity index (χ1) is 11.1. The molecule has 0 fully saturated rings. The molecule has 2 aromatic carbocycles. The van der Waals surface area contributed by atoms with E-state index in [0.29, 0.717) is 17.0 Å². The topological polar surface area (TPSA) is 42.0 Å². The van der Waals surface area contributed by atoms with E-state index in [1.54, 1.807) is 31.2 Å². The molecule has 3 aromatic rings. The molecular formula is C19H15FN2O. The van der Waals surface area contributed by atoms with Crippen molar-refractivity contribution in [3.63, 3.8) is 0 Å². The molecule has 1 N–H and O–H groups in total. The molecule has 3 rings (SSSR count). The van der Waals surface area contributed by atoms with Crippen LogP contribution in [0, 0.1) is 12.7 Å². The van der Waals surface area contributed by atoms with Crippen LogP contribution in [0.4, 0.5) is 10.1 Å². The smallest absolute Gasteiger partial charge is 0.257 e. The highest BCUT2D eigenvalue weighted by Gasteiger charge is 2.11. The number of para-hydroxylation sites is 1. The van der Waals surface area contributed by atoms with Gasteiger partial charge < -0.3 is 5.32 Å². The molecule has 0 radical (unpaired) electrons. The van der Waals surface area contributed by atoms with Crippen LogP contribution in [0.3, 0.4) is 0 Å². The second-order valence-corrected chi connectivity index (χ2v) is 5.16. The zero-order valence-electron chi connectivity index (χ0n) is 12.6. The van der Waals surface area contributed by atoms with Crippen molar-refractivity contribution in [1.29, 1.82) is 0 Å². The molecule has 4 heteroatoms. The van der Waals surface area contributed by atoms with Crippen LogP contribution in [-0.4, -0.2) is 10.9 Å². The summed E-state index contributed by atoms with van der Waals surface area (Å²) in [6.07, 6.45) is 0. The number of hydrogen-bond acceptors (Lipinski definition) is 2. The second kappa shape index (κ2) is 6.40. The van der Waals surface area contributed by atoms with E-state index < -0.39 is 0 Å². The molecule has 0 bridgehead atoms. The summed E-state index contributed by atoms with van der Waals surface area (Å²) in [6.45, 7) is 1.78. The summed E-state index contributed by atoms with van der Waals surface area (Å²) in [5.74, 6) is -0.490. The molecule has 0 aliphatic rings. The Hall–Kier alpha value is -3.01. The number of amides is 1. The van der Waals surface area contributed by atoms with Crippen molar-refractivity contribution >= 4 is 11.6 Å². The van der Waals surface area contributed by atoms with Gasteiger partial charge >= 0.3 is 0 Å². The maximum Gasteiger partial charge on any atom is 0.257 e. The van der Waals surface area contributed by atoms with Crippen molar-refractivity contribution in [2.75, 3.05) is 5.32 Å². The van der Waals surface area contributed by atoms with E-state index in [2.05, 4.69) is 10.3 Å². The molecular weight excluding hydrogens is 291 g/mol. The van der Waals surface area contributed by atoms with Crippen LogP contribution >= 0.6 is 0 Å². The number of nitrogens with one attached hydrogen (secondary N) is 1. The number of rotatable bonds is 3. The maximum atomic E-state index is 13.0. The summed E-state index contributed by atoms with van der Waals surface area (Å²) in [5, 5.41) is 2.84. The largest absolute Gasteiger partial charge is 0.322 e. The first-order valence-electron chi connectivity index (χ1n) is 7.23. The normalized spacial score (nSPS) is 10.3. The van der Waals surface area contributed by atoms with E-state index in [1.165, 1.54) is 12.1 Å². The van der Waals surface area contributed by atoms with Crippen LogP contribution in [0.1, 0.15) is 16.1 Å². The number of aryl methyl sites for hydroxylation is 1. The fraction of sp³-hybridized carbons (Fsp3) is 0.0526. The van der Waals surface area contributed by atoms with Crippen LogP contribution < -0.4 is 5.32 Å². The Kier molecular flexibility index (Phi) is 4.15. The minimum absolute atomic E-state index is 0.202. The van der Waals surface area contributed by atoms with Gasteiger partial charge in [0.1, 0.15) is 5.82 Å². The Morgan fingerprint density at radius 1 is 0.957 bits per heavy atom. The number of hydrogen-bond donors (Lipinski definition) is 1. The zero-order chi connectivity index (χ0) is 16.2. The quantitative estimate of drug-likeness (QED) is 0.777. The molecule has 1 amide bonds. The number of carbonyl (C=O) groups excluding carboxylic acids is 1. The lowest BCUT2D eigenvalue weighted by Crippen LogP contribution is -2.14. The molecule has 0 aliphatic heterocycles. The minimum atomic E-state index is -0.288. The Morgan fingerprint density at radius 2 is 1.65 bits per heavy atom. The molecule has 0 saturated heterocycles. The van der Waals surface area contributed by atoms with E-state index in [9.17, 15) is 9.18 Å². The summed E-state index contributed by atoms with van der Waals surface area (Å²) in [6, 6.07) is 18.9. The lowest BCUT2D eigenvalue weighted by molar-refractivity contribution is 0.102. The molecule has 114 valence electrons. The van der Waals surface area contributed by atoms with Gasteiger partial charge in [-0.3, -0.25) is 9.78 Å². The van der Waals surface area contributed by atoms with Gasteiger partial charge in [-0.25, -0.2) is 4.39 Å². The van der Waals surface area contributed by atoms with Crippen LogP contribution in [0.2, 0.25) is 0 Å². The first-order valence-corrected chi connectivity index (χ1v) is 7.23. The van der Waals surface area contributed by atoms with Crippen LogP contribution in [0.5, 0.6) is 0 Å². The molecule has 0 aliphatic carbocycles. The summed E-state index contributed by atoms with van der Waals surface area (Å²) >= 11 is 0. The lowest BCUT2D eigenvalue weighted by atomic mass is 10.1. The van der Waals surface area contributed by atoms with E-state index in [4.69, 9.17) is 0 Å². The lowest BCUT2D eigenvalue weighted by Gasteiger charge is -2.09. The number of benzene rings is 2. The van der Waals surface area contributed by atoms with Crippen molar-refractivity contribution in [2.24, 2.45) is 0 Å². The summed E-state index contributed by atoms with van der Waals surface area (Å²) < 4.78 is 13.0. The number of carbonyl (C=O) groups is 1. The third kappa shape index (κ3) is 3.43. The molecule has 0 unspecified atom stereocenters. The van der Waals surface area contributed by atoms with Gasteiger partial charge in [0, 0.05) is 11.3 Å². The van der Waals surface area contributed by atoms with Gasteiger partial charge in [0.2, 0.25) is 0 Å². The highest BCUT2D eigenvalue weighted by atomic mass is 19.1. The van der Waals surface area contributed by atoms with Gasteiger partial charge in [-0.15, -0.1) is 0 Å². The third-order valence-electron chi connectivity index (χ3n) is 3.50. The van der Waals surface area contributed by atoms with Gasteiger partial charge in [0.05, 0.1) is 17.0 Å². The van der Waals surface area contributed by atoms with Crippen LogP contribution in [-0.2, 0) is 0 Å². The predicted molar refractivity (Wildman–Crippen MR) is 88.8 cm³/mol. The number of aromatic nitrogens is 1. The van der Waals surface area contributed by atoms with Crippen molar-refractivity contribution in [3.05, 3.63) is 83.8 Å². The van der Waals surface area contributed by atoms with Crippen LogP contribution in [0.15, 0.2) is 66.7 Å². The summed E-state index contributed by atoms with van der Waals surface area (Å²) in [5.41, 5.74) is 3.39. The highest BCUT2D eigenvalue weighted by molar-refractivity contribution is 6.05. The molecule has 1 heterocycles. The van der Waals surface area contributed by atoms with Gasteiger partial charge in [-0.2, -0.15) is 0 Å². The van der Waals surface area contributed by atoms with Gasteiger partial charge in [0.15, 0.2) is 0 Å². The van der Waals surface area contributed by atoms with Crippen LogP contribution in [0.25, 0.3) is 11.3 Å². The third-order valence-corrected chi connectivity index (χ3v) is 3.50. The fourth-order valence-corrected chi connectivity index (χ4v) is 2.30. The average molecular weight is 306 g/mol. The van der Waals surface area contributed by atoms with Gasteiger partial charge in [-0.05, 0) is 55.5 Å². The van der Waals surface area contributed by atoms with E-state index in [1.807, 2.05) is 30.3 Å². The Labute approximate surface area is 133 Å². The SMILES string of the molecule is Cc1nc(-c2ccc(F)cc2)ccc1C(=O)Nc1ccccc1. The van der Waals surface area contributed by atoms with E-state index in [0.717, 1.165) is 11.3 Å². The summed E-state index contributed by atoms with van der Waals surface area (Å²) in [7, 11) is 0. The second-order valence-electron chi connectivity index (χ2n) is 5.16. The monoisotopic (exact) mass is 306 g/mol. The van der Waals surface area contributed by atoms with Crippen molar-refractivity contribution in [1.82, 2.24) is 4.98 Å². The summed E-state index contributed by atoms with van der Waals surface area (Å²) in [4.78, 5) is 16.8. The van der Waals surface area contributed by atoms with Gasteiger partial charge in [0.25, 0.3) is 5.91 Å². The molecule has 1 aromatic heterocycles. The fourth-order valence-electron chi connectivity index (χ4n) is 2.30. The molecule has 23 heavy (non-hydrogen) atoms. The molecule has 0 atom stereocenters. The number of halogens is 1. The molecule has 0 spiro atoms. The molecule has 0 saturated carbocycles. The van der Waals surface area contributed by atoms with Gasteiger partial charge in [-0.1, -0.05) is 18.2 Å². The van der Waals surface area contributed by atoms with Crippen molar-refractivity contribution < 1.29 is 9.18 Å². The predicted octanol–water partition coefficient (Wildman–Crippen LogP) is 4.45. The van der Waals surface area contributed by atoms with E-state index >= 15 is 0 Å². The first kappa shape index (κ1) is 14.9. The number of pyridine rings is 1. The number of anilines is 1. The Morgan fingerprint density at radius 3 is 2.30 bits per heavy atom. The average Bonchev–Trinajstić information content (AvgIpc) is 2.56. The standard InChI is InChI=1S/C19H15FN2O/c1-13-17(19(23)22-16-5-3-2-4-6-16)11-12-18(21-13)14-7-9-15(20)10-8-14/h2-12H,1H3,(H,22,23). The molecule has 3 nitrogen and oxygen atoms in total. The van der Waals surface area contributed by atoms with Crippen molar-refractivity contribution in [2.45, 2.75) is 6.92 Å². The highest BCUT2D eigenvalue weighted by Crippen LogP contribution is 2.20. The Bertz CT molecular complexity index is 830. The minimum Gasteiger partial charge on any atom is -0.322 e. The maximum absolute atomic E-state index is 13.0. The number of nitrogens with zero attached hydrogens (tertiary/aromatic N) is 1. The van der Waals surface area contributed by atoms with Crippen molar-refractivity contribution in [3.8, 4) is 11.3 Å². The Balaban J connectivity index is 1.84. The van der Waals surface area contributed by atoms with E-state index in [-0.39, 0.29) is 11.7 Å².